The summed E-state index contributed by atoms with van der Waals surface area (Å²) in [4.78, 5) is 24.2. The molecule has 1 aliphatic heterocycles. The van der Waals surface area contributed by atoms with E-state index in [0.29, 0.717) is 32.5 Å². The predicted molar refractivity (Wildman–Crippen MR) is 98.1 cm³/mol. The number of ketones is 1. The third kappa shape index (κ3) is 3.60. The number of fused-ring (bicyclic) bond motifs is 1. The molecule has 0 unspecified atom stereocenters. The molecule has 0 atom stereocenters. The number of rotatable bonds is 4. The third-order valence-corrected chi connectivity index (χ3v) is 4.37. The summed E-state index contributed by atoms with van der Waals surface area (Å²) in [6.45, 7) is 1.56. The molecule has 0 bridgehead atoms. The van der Waals surface area contributed by atoms with Crippen LogP contribution < -0.4 is 9.47 Å². The van der Waals surface area contributed by atoms with Crippen LogP contribution in [-0.2, 0) is 9.53 Å². The fraction of sp³-hybridized carbons (Fsp3) is 0.158. The number of Topliss-reactive ketones (excluding diaryl/α,β-unsaturated/α-hetero) is 1. The van der Waals surface area contributed by atoms with Gasteiger partial charge in [-0.1, -0.05) is 29.3 Å². The summed E-state index contributed by atoms with van der Waals surface area (Å²) in [5.74, 6) is -0.158. The molecule has 0 aromatic heterocycles. The van der Waals surface area contributed by atoms with Crippen molar-refractivity contribution >= 4 is 41.0 Å². The minimum Gasteiger partial charge on any atom is -0.452 e. The number of carbonyl (C=O) groups is 2. The van der Waals surface area contributed by atoms with Crippen molar-refractivity contribution in [3.8, 4) is 11.5 Å². The van der Waals surface area contributed by atoms with Crippen molar-refractivity contribution in [1.29, 1.82) is 0 Å². The Bertz CT molecular complexity index is 914. The van der Waals surface area contributed by atoms with E-state index in [1.54, 1.807) is 31.2 Å². The lowest BCUT2D eigenvalue weighted by Gasteiger charge is -2.07. The first-order valence-electron chi connectivity index (χ1n) is 7.63. The van der Waals surface area contributed by atoms with Gasteiger partial charge in [0.2, 0.25) is 5.78 Å². The van der Waals surface area contributed by atoms with E-state index >= 15 is 0 Å². The molecular formula is C19H14Cl2O5. The first-order chi connectivity index (χ1) is 12.4. The van der Waals surface area contributed by atoms with E-state index in [1.807, 2.05) is 0 Å². The average Bonchev–Trinajstić information content (AvgIpc) is 2.87. The van der Waals surface area contributed by atoms with Gasteiger partial charge in [0.1, 0.15) is 18.1 Å². The van der Waals surface area contributed by atoms with Crippen LogP contribution in [0.1, 0.15) is 21.5 Å². The summed E-state index contributed by atoms with van der Waals surface area (Å²) in [6.07, 6.45) is 1.50. The van der Waals surface area contributed by atoms with Gasteiger partial charge in [0, 0.05) is 28.8 Å². The molecule has 134 valence electrons. The van der Waals surface area contributed by atoms with Crippen molar-refractivity contribution in [1.82, 2.24) is 0 Å². The molecule has 1 heterocycles. The van der Waals surface area contributed by atoms with E-state index in [-0.39, 0.29) is 23.9 Å². The van der Waals surface area contributed by atoms with Gasteiger partial charge in [0.05, 0.1) is 5.56 Å². The molecule has 0 fully saturated rings. The van der Waals surface area contributed by atoms with Gasteiger partial charge in [-0.15, -0.1) is 0 Å². The summed E-state index contributed by atoms with van der Waals surface area (Å²) in [6, 6.07) is 8.14. The minimum absolute atomic E-state index is 0.0958. The van der Waals surface area contributed by atoms with E-state index in [2.05, 4.69) is 0 Å². The van der Waals surface area contributed by atoms with Crippen molar-refractivity contribution in [2.24, 2.45) is 0 Å². The standard InChI is InChI=1S/C19H14Cl2O5/c1-10-6-11(25-17(22)9-24-2)7-15-18(10)19(23)16(26-15)8-12-13(20)4-3-5-14(12)21/h3-8H,9H2,1-2H3/b16-8-. The van der Waals surface area contributed by atoms with E-state index in [4.69, 9.17) is 37.4 Å². The van der Waals surface area contributed by atoms with Crippen LogP contribution in [0.5, 0.6) is 11.5 Å². The normalized spacial score (nSPS) is 14.3. The second-order valence-electron chi connectivity index (χ2n) is 5.60. The van der Waals surface area contributed by atoms with Crippen LogP contribution in [-0.4, -0.2) is 25.5 Å². The van der Waals surface area contributed by atoms with Crippen LogP contribution in [0, 0.1) is 6.92 Å². The predicted octanol–water partition coefficient (Wildman–Crippen LogP) is 4.47. The van der Waals surface area contributed by atoms with Gasteiger partial charge >= 0.3 is 5.97 Å². The summed E-state index contributed by atoms with van der Waals surface area (Å²) in [7, 11) is 1.40. The number of allylic oxidation sites excluding steroid dienone is 1. The number of ether oxygens (including phenoxy) is 3. The highest BCUT2D eigenvalue weighted by Gasteiger charge is 2.30. The molecule has 0 saturated heterocycles. The zero-order valence-corrected chi connectivity index (χ0v) is 15.5. The van der Waals surface area contributed by atoms with Crippen LogP contribution in [0.2, 0.25) is 10.0 Å². The SMILES string of the molecule is COCC(=O)Oc1cc(C)c2c(c1)O/C(=C\c1c(Cl)cccc1Cl)C2=O. The van der Waals surface area contributed by atoms with Crippen molar-refractivity contribution in [2.75, 3.05) is 13.7 Å². The number of carbonyl (C=O) groups excluding carboxylic acids is 2. The minimum atomic E-state index is -0.546. The highest BCUT2D eigenvalue weighted by Crippen LogP contribution is 2.38. The Kier molecular flexibility index (Phi) is 5.32. The lowest BCUT2D eigenvalue weighted by atomic mass is 10.0. The Hall–Kier alpha value is -2.34. The number of methoxy groups -OCH3 is 1. The highest BCUT2D eigenvalue weighted by molar-refractivity contribution is 6.37. The molecule has 0 N–H and O–H groups in total. The molecular weight excluding hydrogens is 379 g/mol. The second-order valence-corrected chi connectivity index (χ2v) is 6.41. The number of esters is 1. The van der Waals surface area contributed by atoms with Gasteiger partial charge in [0.25, 0.3) is 0 Å². The number of hydrogen-bond donors (Lipinski definition) is 0. The number of halogens is 2. The number of hydrogen-bond acceptors (Lipinski definition) is 5. The Morgan fingerprint density at radius 3 is 2.58 bits per heavy atom. The van der Waals surface area contributed by atoms with Crippen LogP contribution in [0.3, 0.4) is 0 Å². The van der Waals surface area contributed by atoms with Crippen molar-refractivity contribution < 1.29 is 23.8 Å². The maximum Gasteiger partial charge on any atom is 0.337 e. The van der Waals surface area contributed by atoms with Gasteiger partial charge in [-0.3, -0.25) is 4.79 Å². The topological polar surface area (TPSA) is 61.8 Å². The van der Waals surface area contributed by atoms with E-state index in [0.717, 1.165) is 0 Å². The monoisotopic (exact) mass is 392 g/mol. The third-order valence-electron chi connectivity index (χ3n) is 3.71. The maximum absolute atomic E-state index is 12.7. The highest BCUT2D eigenvalue weighted by atomic mass is 35.5. The first-order valence-corrected chi connectivity index (χ1v) is 8.39. The molecule has 0 amide bonds. The summed E-state index contributed by atoms with van der Waals surface area (Å²) in [5, 5.41) is 0.812. The second kappa shape index (κ2) is 7.50. The quantitative estimate of drug-likeness (QED) is 0.436. The average molecular weight is 393 g/mol. The van der Waals surface area contributed by atoms with Gasteiger partial charge in [0.15, 0.2) is 5.76 Å². The fourth-order valence-corrected chi connectivity index (χ4v) is 3.10. The van der Waals surface area contributed by atoms with E-state index < -0.39 is 5.97 Å². The zero-order chi connectivity index (χ0) is 18.8. The fourth-order valence-electron chi connectivity index (χ4n) is 2.59. The molecule has 2 aromatic rings. The first kappa shape index (κ1) is 18.5. The summed E-state index contributed by atoms with van der Waals surface area (Å²) >= 11 is 12.3. The van der Waals surface area contributed by atoms with Crippen molar-refractivity contribution in [3.63, 3.8) is 0 Å². The molecule has 0 spiro atoms. The Labute approximate surface area is 160 Å². The zero-order valence-electron chi connectivity index (χ0n) is 14.0. The maximum atomic E-state index is 12.7. The molecule has 0 saturated carbocycles. The molecule has 0 radical (unpaired) electrons. The van der Waals surface area contributed by atoms with Crippen molar-refractivity contribution in [3.05, 3.63) is 62.8 Å². The smallest absolute Gasteiger partial charge is 0.337 e. The summed E-state index contributed by atoms with van der Waals surface area (Å²) < 4.78 is 15.6. The van der Waals surface area contributed by atoms with Crippen LogP contribution in [0.15, 0.2) is 36.1 Å². The number of aryl methyl sites for hydroxylation is 1. The van der Waals surface area contributed by atoms with E-state index in [1.165, 1.54) is 19.3 Å². The molecule has 7 heteroatoms. The Morgan fingerprint density at radius 1 is 1.23 bits per heavy atom. The Morgan fingerprint density at radius 2 is 1.92 bits per heavy atom. The van der Waals surface area contributed by atoms with Crippen LogP contribution in [0.25, 0.3) is 6.08 Å². The Balaban J connectivity index is 1.95. The lowest BCUT2D eigenvalue weighted by Crippen LogP contribution is -2.14. The molecule has 3 rings (SSSR count). The number of benzene rings is 2. The van der Waals surface area contributed by atoms with Crippen LogP contribution >= 0.6 is 23.2 Å². The molecule has 1 aliphatic rings. The van der Waals surface area contributed by atoms with Crippen molar-refractivity contribution in [2.45, 2.75) is 6.92 Å². The molecule has 2 aromatic carbocycles. The van der Waals surface area contributed by atoms with Crippen LogP contribution in [0.4, 0.5) is 0 Å². The lowest BCUT2D eigenvalue weighted by molar-refractivity contribution is -0.138. The molecule has 0 aliphatic carbocycles. The van der Waals surface area contributed by atoms with Gasteiger partial charge in [-0.25, -0.2) is 4.79 Å². The largest absolute Gasteiger partial charge is 0.452 e. The van der Waals surface area contributed by atoms with Gasteiger partial charge in [-0.05, 0) is 36.8 Å². The molecule has 5 nitrogen and oxygen atoms in total. The van der Waals surface area contributed by atoms with Gasteiger partial charge < -0.3 is 14.2 Å². The van der Waals surface area contributed by atoms with Gasteiger partial charge in [-0.2, -0.15) is 0 Å². The molecule has 26 heavy (non-hydrogen) atoms. The van der Waals surface area contributed by atoms with E-state index in [9.17, 15) is 9.59 Å². The summed E-state index contributed by atoms with van der Waals surface area (Å²) in [5.41, 5.74) is 1.53.